The van der Waals surface area contributed by atoms with Crippen molar-refractivity contribution in [2.24, 2.45) is 5.73 Å². The topological polar surface area (TPSA) is 67.6 Å². The smallest absolute Gasteiger partial charge is 0.240 e. The van der Waals surface area contributed by atoms with Gasteiger partial charge in [0.15, 0.2) is 0 Å². The Bertz CT molecular complexity index is 451. The van der Waals surface area contributed by atoms with Gasteiger partial charge in [0, 0.05) is 39.5 Å². The molecule has 0 spiro atoms. The Kier molecular flexibility index (Phi) is 4.62. The minimum atomic E-state index is -0.776. The number of hydrogen-bond donors (Lipinski definition) is 2. The van der Waals surface area contributed by atoms with E-state index in [4.69, 9.17) is 10.5 Å². The van der Waals surface area contributed by atoms with Crippen LogP contribution in [0.2, 0.25) is 0 Å². The Balaban J connectivity index is 1.89. The summed E-state index contributed by atoms with van der Waals surface area (Å²) in [6, 6.07) is 8.11. The van der Waals surface area contributed by atoms with E-state index in [-0.39, 0.29) is 5.91 Å². The summed E-state index contributed by atoms with van der Waals surface area (Å²) in [5.74, 6) is -0.0857. The number of carbonyl (C=O) groups is 1. The molecule has 0 unspecified atom stereocenters. The Hall–Kier alpha value is -1.59. The van der Waals surface area contributed by atoms with Crippen LogP contribution in [0, 0.1) is 0 Å². The van der Waals surface area contributed by atoms with Crippen LogP contribution in [0.15, 0.2) is 24.3 Å². The molecule has 3 N–H and O–H groups in total. The predicted molar refractivity (Wildman–Crippen MR) is 79.6 cm³/mol. The van der Waals surface area contributed by atoms with Gasteiger partial charge in [-0.05, 0) is 30.5 Å². The summed E-state index contributed by atoms with van der Waals surface area (Å²) in [5, 5.41) is 2.92. The molecule has 0 atom stereocenters. The number of nitrogens with one attached hydrogen (secondary N) is 1. The van der Waals surface area contributed by atoms with Crippen LogP contribution in [0.4, 0.5) is 5.69 Å². The Labute approximate surface area is 120 Å². The van der Waals surface area contributed by atoms with Gasteiger partial charge in [-0.15, -0.1) is 0 Å². The van der Waals surface area contributed by atoms with Crippen LogP contribution in [-0.2, 0) is 16.1 Å². The van der Waals surface area contributed by atoms with Crippen molar-refractivity contribution >= 4 is 11.6 Å². The minimum Gasteiger partial charge on any atom is -0.381 e. The SMILES string of the molecule is CN(C)c1ccc(CNC(=O)C2(N)CCOCC2)cc1. The van der Waals surface area contributed by atoms with Crippen molar-refractivity contribution in [2.75, 3.05) is 32.2 Å². The second-order valence-electron chi connectivity index (χ2n) is 5.51. The van der Waals surface area contributed by atoms with Gasteiger partial charge in [-0.1, -0.05) is 12.1 Å². The molecule has 0 radical (unpaired) electrons. The Morgan fingerprint density at radius 1 is 1.30 bits per heavy atom. The first-order chi connectivity index (χ1) is 9.51. The van der Waals surface area contributed by atoms with Gasteiger partial charge < -0.3 is 20.7 Å². The van der Waals surface area contributed by atoms with E-state index in [0.29, 0.717) is 32.6 Å². The highest BCUT2D eigenvalue weighted by atomic mass is 16.5. The second-order valence-corrected chi connectivity index (χ2v) is 5.51. The zero-order chi connectivity index (χ0) is 14.6. The van der Waals surface area contributed by atoms with E-state index in [1.165, 1.54) is 0 Å². The molecule has 1 fully saturated rings. The molecule has 5 nitrogen and oxygen atoms in total. The van der Waals surface area contributed by atoms with Crippen molar-refractivity contribution in [2.45, 2.75) is 24.9 Å². The molecule has 1 aromatic carbocycles. The van der Waals surface area contributed by atoms with Gasteiger partial charge in [-0.2, -0.15) is 0 Å². The highest BCUT2D eigenvalue weighted by Gasteiger charge is 2.35. The first-order valence-electron chi connectivity index (χ1n) is 6.92. The van der Waals surface area contributed by atoms with E-state index in [1.54, 1.807) is 0 Å². The molecule has 0 aliphatic carbocycles. The number of rotatable bonds is 4. The van der Waals surface area contributed by atoms with Crippen molar-refractivity contribution in [1.82, 2.24) is 5.32 Å². The predicted octanol–water partition coefficient (Wildman–Crippen LogP) is 0.877. The van der Waals surface area contributed by atoms with Crippen molar-refractivity contribution in [3.63, 3.8) is 0 Å². The van der Waals surface area contributed by atoms with Crippen molar-refractivity contribution in [3.05, 3.63) is 29.8 Å². The molecule has 1 amide bonds. The number of nitrogens with zero attached hydrogens (tertiary/aromatic N) is 1. The van der Waals surface area contributed by atoms with Gasteiger partial charge in [0.2, 0.25) is 5.91 Å². The molecular weight excluding hydrogens is 254 g/mol. The highest BCUT2D eigenvalue weighted by molar-refractivity contribution is 5.86. The van der Waals surface area contributed by atoms with E-state index in [9.17, 15) is 4.79 Å². The fraction of sp³-hybridized carbons (Fsp3) is 0.533. The lowest BCUT2D eigenvalue weighted by Gasteiger charge is -2.31. The van der Waals surface area contributed by atoms with Gasteiger partial charge in [0.05, 0.1) is 5.54 Å². The van der Waals surface area contributed by atoms with E-state index in [0.717, 1.165) is 11.3 Å². The van der Waals surface area contributed by atoms with E-state index in [2.05, 4.69) is 5.32 Å². The number of amides is 1. The zero-order valence-corrected chi connectivity index (χ0v) is 12.2. The van der Waals surface area contributed by atoms with Crippen LogP contribution in [0.25, 0.3) is 0 Å². The summed E-state index contributed by atoms with van der Waals surface area (Å²) in [6.45, 7) is 1.62. The van der Waals surface area contributed by atoms with Crippen LogP contribution in [-0.4, -0.2) is 38.8 Å². The van der Waals surface area contributed by atoms with Crippen LogP contribution in [0.3, 0.4) is 0 Å². The van der Waals surface area contributed by atoms with Gasteiger partial charge in [-0.25, -0.2) is 0 Å². The standard InChI is InChI=1S/C15H23N3O2/c1-18(2)13-5-3-12(4-6-13)11-17-14(19)15(16)7-9-20-10-8-15/h3-6H,7-11,16H2,1-2H3,(H,17,19). The molecule has 0 bridgehead atoms. The first kappa shape index (κ1) is 14.8. The maximum Gasteiger partial charge on any atom is 0.240 e. The third-order valence-electron chi connectivity index (χ3n) is 3.74. The molecule has 1 saturated heterocycles. The molecular formula is C15H23N3O2. The highest BCUT2D eigenvalue weighted by Crippen LogP contribution is 2.18. The van der Waals surface area contributed by atoms with Crippen molar-refractivity contribution < 1.29 is 9.53 Å². The quantitative estimate of drug-likeness (QED) is 0.857. The lowest BCUT2D eigenvalue weighted by molar-refractivity contribution is -0.129. The summed E-state index contributed by atoms with van der Waals surface area (Å²) >= 11 is 0. The summed E-state index contributed by atoms with van der Waals surface area (Å²) in [4.78, 5) is 14.2. The maximum atomic E-state index is 12.2. The summed E-state index contributed by atoms with van der Waals surface area (Å²) < 4.78 is 5.25. The zero-order valence-electron chi connectivity index (χ0n) is 12.2. The summed E-state index contributed by atoms with van der Waals surface area (Å²) in [5.41, 5.74) is 7.56. The number of hydrogen-bond acceptors (Lipinski definition) is 4. The normalized spacial score (nSPS) is 17.6. The first-order valence-corrected chi connectivity index (χ1v) is 6.92. The second kappa shape index (κ2) is 6.24. The molecule has 20 heavy (non-hydrogen) atoms. The minimum absolute atomic E-state index is 0.0857. The van der Waals surface area contributed by atoms with Crippen molar-refractivity contribution in [1.29, 1.82) is 0 Å². The molecule has 5 heteroatoms. The maximum absolute atomic E-state index is 12.2. The fourth-order valence-corrected chi connectivity index (χ4v) is 2.23. The van der Waals surface area contributed by atoms with Gasteiger partial charge in [-0.3, -0.25) is 4.79 Å². The largest absolute Gasteiger partial charge is 0.381 e. The lowest BCUT2D eigenvalue weighted by Crippen LogP contribution is -2.56. The van der Waals surface area contributed by atoms with Crippen LogP contribution < -0.4 is 16.0 Å². The average molecular weight is 277 g/mol. The van der Waals surface area contributed by atoms with Gasteiger partial charge >= 0.3 is 0 Å². The molecule has 1 heterocycles. The number of ether oxygens (including phenoxy) is 1. The third kappa shape index (κ3) is 3.49. The Morgan fingerprint density at radius 3 is 2.45 bits per heavy atom. The fourth-order valence-electron chi connectivity index (χ4n) is 2.23. The average Bonchev–Trinajstić information content (AvgIpc) is 2.46. The number of anilines is 1. The van der Waals surface area contributed by atoms with E-state index >= 15 is 0 Å². The monoisotopic (exact) mass is 277 g/mol. The summed E-state index contributed by atoms with van der Waals surface area (Å²) in [7, 11) is 4.00. The van der Waals surface area contributed by atoms with Crippen molar-refractivity contribution in [3.8, 4) is 0 Å². The van der Waals surface area contributed by atoms with Crippen LogP contribution >= 0.6 is 0 Å². The third-order valence-corrected chi connectivity index (χ3v) is 3.74. The summed E-state index contributed by atoms with van der Waals surface area (Å²) in [6.07, 6.45) is 1.16. The molecule has 2 rings (SSSR count). The number of carbonyl (C=O) groups excluding carboxylic acids is 1. The molecule has 110 valence electrons. The van der Waals surface area contributed by atoms with Crippen LogP contribution in [0.5, 0.6) is 0 Å². The molecule has 0 aromatic heterocycles. The van der Waals surface area contributed by atoms with Gasteiger partial charge in [0.25, 0.3) is 0 Å². The van der Waals surface area contributed by atoms with E-state index in [1.807, 2.05) is 43.3 Å². The number of benzene rings is 1. The molecule has 1 aliphatic rings. The lowest BCUT2D eigenvalue weighted by atomic mass is 9.90. The van der Waals surface area contributed by atoms with E-state index < -0.39 is 5.54 Å². The van der Waals surface area contributed by atoms with Gasteiger partial charge in [0.1, 0.15) is 0 Å². The Morgan fingerprint density at radius 2 is 1.90 bits per heavy atom. The molecule has 0 saturated carbocycles. The molecule has 1 aromatic rings. The number of nitrogens with two attached hydrogens (primary N) is 1. The molecule has 1 aliphatic heterocycles. The van der Waals surface area contributed by atoms with Crippen LogP contribution in [0.1, 0.15) is 18.4 Å².